The minimum Gasteiger partial charge on any atom is -0.382 e. The lowest BCUT2D eigenvalue weighted by Gasteiger charge is -2.20. The van der Waals surface area contributed by atoms with Gasteiger partial charge in [0, 0.05) is 12.1 Å². The third kappa shape index (κ3) is 4.86. The first-order chi connectivity index (χ1) is 14.9. The van der Waals surface area contributed by atoms with E-state index in [1.165, 1.54) is 7.11 Å². The van der Waals surface area contributed by atoms with Gasteiger partial charge in [0.15, 0.2) is 4.87 Å². The highest BCUT2D eigenvalue weighted by atomic mass is 35.5. The normalized spacial score (nSPS) is 12.8. The zero-order valence-corrected chi connectivity index (χ0v) is 18.0. The van der Waals surface area contributed by atoms with Gasteiger partial charge in [0.25, 0.3) is 5.56 Å². The summed E-state index contributed by atoms with van der Waals surface area (Å²) in [6, 6.07) is 15.2. The van der Waals surface area contributed by atoms with E-state index in [0.717, 1.165) is 15.4 Å². The van der Waals surface area contributed by atoms with E-state index in [1.807, 2.05) is 0 Å². The minimum atomic E-state index is -1.44. The van der Waals surface area contributed by atoms with Crippen molar-refractivity contribution in [1.29, 1.82) is 5.26 Å². The summed E-state index contributed by atoms with van der Waals surface area (Å²) in [6.45, 7) is 0.343. The summed E-state index contributed by atoms with van der Waals surface area (Å²) >= 11 is 12.5. The van der Waals surface area contributed by atoms with Crippen molar-refractivity contribution in [1.82, 2.24) is 14.3 Å². The molecule has 1 heterocycles. The van der Waals surface area contributed by atoms with E-state index in [-0.39, 0.29) is 13.3 Å². The van der Waals surface area contributed by atoms with Gasteiger partial charge in [0.05, 0.1) is 25.0 Å². The number of alkyl halides is 1. The zero-order chi connectivity index (χ0) is 22.4. The van der Waals surface area contributed by atoms with Gasteiger partial charge in [-0.2, -0.15) is 15.0 Å². The standard InChI is InChI=1S/C21H18Cl2N4O4/c1-30-10-11-31-14-26-19(28)12-25-27(20(26)29)18-8-4-16(5-9-18)21(23,13-24)15-2-6-17(22)7-3-15/h2-9,12H,10-11,14H2,1H3. The predicted octanol–water partition coefficient (Wildman–Crippen LogP) is 2.67. The van der Waals surface area contributed by atoms with Crippen LogP contribution in [-0.2, 0) is 21.1 Å². The molecule has 8 nitrogen and oxygen atoms in total. The third-order valence-corrected chi connectivity index (χ3v) is 5.29. The highest BCUT2D eigenvalue weighted by molar-refractivity contribution is 6.31. The Balaban J connectivity index is 1.92. The predicted molar refractivity (Wildman–Crippen MR) is 116 cm³/mol. The van der Waals surface area contributed by atoms with Crippen LogP contribution in [0.3, 0.4) is 0 Å². The molecule has 1 atom stereocenters. The molecule has 0 aliphatic carbocycles. The molecule has 160 valence electrons. The number of hydrogen-bond acceptors (Lipinski definition) is 6. The van der Waals surface area contributed by atoms with Crippen LogP contribution in [0.4, 0.5) is 0 Å². The first-order valence-electron chi connectivity index (χ1n) is 9.13. The van der Waals surface area contributed by atoms with Crippen LogP contribution in [-0.4, -0.2) is 34.7 Å². The maximum atomic E-state index is 12.7. The van der Waals surface area contributed by atoms with Crippen molar-refractivity contribution >= 4 is 23.2 Å². The molecule has 1 aromatic heterocycles. The number of rotatable bonds is 8. The van der Waals surface area contributed by atoms with Crippen LogP contribution in [0.15, 0.2) is 64.3 Å². The quantitative estimate of drug-likeness (QED) is 0.378. The van der Waals surface area contributed by atoms with Crippen LogP contribution in [0.2, 0.25) is 5.02 Å². The lowest BCUT2D eigenvalue weighted by molar-refractivity contribution is 0.0300. The largest absolute Gasteiger partial charge is 0.382 e. The SMILES string of the molecule is COCCOCn1c(=O)cnn(-c2ccc(C(Cl)(C#N)c3ccc(Cl)cc3)cc2)c1=O. The van der Waals surface area contributed by atoms with E-state index in [4.69, 9.17) is 32.7 Å². The second-order valence-corrected chi connectivity index (χ2v) is 7.46. The van der Waals surface area contributed by atoms with E-state index in [9.17, 15) is 14.9 Å². The number of methoxy groups -OCH3 is 1. The fraction of sp³-hybridized carbons (Fsp3) is 0.238. The van der Waals surface area contributed by atoms with Crippen molar-refractivity contribution in [3.05, 3.63) is 91.7 Å². The van der Waals surface area contributed by atoms with Gasteiger partial charge in [-0.15, -0.1) is 0 Å². The summed E-state index contributed by atoms with van der Waals surface area (Å²) in [4.78, 5) is 23.3. The Kier molecular flexibility index (Phi) is 7.25. The molecule has 31 heavy (non-hydrogen) atoms. The summed E-state index contributed by atoms with van der Waals surface area (Å²) in [7, 11) is 1.52. The van der Waals surface area contributed by atoms with Crippen molar-refractivity contribution in [2.45, 2.75) is 11.6 Å². The molecule has 0 saturated carbocycles. The van der Waals surface area contributed by atoms with Gasteiger partial charge >= 0.3 is 5.69 Å². The zero-order valence-electron chi connectivity index (χ0n) is 16.5. The molecule has 0 bridgehead atoms. The first kappa shape index (κ1) is 22.7. The van der Waals surface area contributed by atoms with Crippen LogP contribution in [0.1, 0.15) is 11.1 Å². The molecule has 0 aliphatic heterocycles. The van der Waals surface area contributed by atoms with Crippen molar-refractivity contribution in [2.75, 3.05) is 20.3 Å². The topological polar surface area (TPSA) is 99.1 Å². The van der Waals surface area contributed by atoms with Crippen LogP contribution in [0.25, 0.3) is 5.69 Å². The van der Waals surface area contributed by atoms with Crippen LogP contribution >= 0.6 is 23.2 Å². The molecule has 3 aromatic rings. The van der Waals surface area contributed by atoms with E-state index in [0.29, 0.717) is 28.4 Å². The van der Waals surface area contributed by atoms with Crippen LogP contribution in [0.5, 0.6) is 0 Å². The summed E-state index contributed by atoms with van der Waals surface area (Å²) in [5.41, 5.74) is 0.223. The Morgan fingerprint density at radius 3 is 2.26 bits per heavy atom. The second-order valence-electron chi connectivity index (χ2n) is 6.46. The van der Waals surface area contributed by atoms with E-state index >= 15 is 0 Å². The Morgan fingerprint density at radius 2 is 1.68 bits per heavy atom. The number of benzene rings is 2. The van der Waals surface area contributed by atoms with E-state index in [2.05, 4.69) is 11.2 Å². The molecule has 10 heteroatoms. The number of nitriles is 1. The van der Waals surface area contributed by atoms with E-state index < -0.39 is 16.1 Å². The van der Waals surface area contributed by atoms with Gasteiger partial charge in [-0.25, -0.2) is 9.36 Å². The van der Waals surface area contributed by atoms with Crippen molar-refractivity contribution < 1.29 is 9.47 Å². The van der Waals surface area contributed by atoms with Crippen LogP contribution < -0.4 is 11.2 Å². The molecule has 0 fully saturated rings. The van der Waals surface area contributed by atoms with Crippen molar-refractivity contribution in [3.8, 4) is 11.8 Å². The molecule has 0 spiro atoms. The highest BCUT2D eigenvalue weighted by Crippen LogP contribution is 2.36. The minimum absolute atomic E-state index is 0.225. The number of halogens is 2. The molecular formula is C21H18Cl2N4O4. The molecule has 1 unspecified atom stereocenters. The molecular weight excluding hydrogens is 443 g/mol. The average molecular weight is 461 g/mol. The summed E-state index contributed by atoms with van der Waals surface area (Å²) in [6.07, 6.45) is 1.03. The highest BCUT2D eigenvalue weighted by Gasteiger charge is 2.32. The maximum absolute atomic E-state index is 12.7. The molecule has 0 saturated heterocycles. The second kappa shape index (κ2) is 9.90. The molecule has 3 rings (SSSR count). The molecule has 0 amide bonds. The van der Waals surface area contributed by atoms with E-state index in [1.54, 1.807) is 48.5 Å². The monoisotopic (exact) mass is 460 g/mol. The smallest absolute Gasteiger partial charge is 0.354 e. The molecule has 0 N–H and O–H groups in total. The van der Waals surface area contributed by atoms with Gasteiger partial charge < -0.3 is 9.47 Å². The van der Waals surface area contributed by atoms with Gasteiger partial charge in [-0.05, 0) is 35.4 Å². The first-order valence-corrected chi connectivity index (χ1v) is 9.89. The maximum Gasteiger partial charge on any atom is 0.354 e. The fourth-order valence-electron chi connectivity index (χ4n) is 2.84. The van der Waals surface area contributed by atoms with Gasteiger partial charge in [-0.3, -0.25) is 4.79 Å². The summed E-state index contributed by atoms with van der Waals surface area (Å²) < 4.78 is 12.1. The number of nitrogens with zero attached hydrogens (tertiary/aromatic N) is 4. The Hall–Kier alpha value is -2.96. The molecule has 0 radical (unpaired) electrons. The number of ether oxygens (including phenoxy) is 2. The number of hydrogen-bond donors (Lipinski definition) is 0. The summed E-state index contributed by atoms with van der Waals surface area (Å²) in [5, 5.41) is 14.2. The molecule has 0 aliphatic rings. The third-order valence-electron chi connectivity index (χ3n) is 4.52. The van der Waals surface area contributed by atoms with Crippen molar-refractivity contribution in [2.24, 2.45) is 0 Å². The summed E-state index contributed by atoms with van der Waals surface area (Å²) in [5.74, 6) is 0. The average Bonchev–Trinajstić information content (AvgIpc) is 2.78. The fourth-order valence-corrected chi connectivity index (χ4v) is 3.21. The van der Waals surface area contributed by atoms with Gasteiger partial charge in [0.1, 0.15) is 12.9 Å². The number of aromatic nitrogens is 3. The lowest BCUT2D eigenvalue weighted by atomic mass is 9.91. The Labute approximate surface area is 187 Å². The van der Waals surface area contributed by atoms with Gasteiger partial charge in [-0.1, -0.05) is 47.5 Å². The van der Waals surface area contributed by atoms with Gasteiger partial charge in [0.2, 0.25) is 0 Å². The molecule has 2 aromatic carbocycles. The van der Waals surface area contributed by atoms with Crippen molar-refractivity contribution in [3.63, 3.8) is 0 Å². The van der Waals surface area contributed by atoms with Crippen LogP contribution in [0, 0.1) is 11.3 Å². The Morgan fingerprint density at radius 1 is 1.06 bits per heavy atom. The Bertz CT molecular complexity index is 1200. The lowest BCUT2D eigenvalue weighted by Crippen LogP contribution is -2.40.